The van der Waals surface area contributed by atoms with Gasteiger partial charge >= 0.3 is 0 Å². The summed E-state index contributed by atoms with van der Waals surface area (Å²) in [5, 5.41) is 10.7. The standard InChI is InChI=1S/C22H32O2/c1-8-9-10-11-12-13-19(23)16-14-17(21(2,3)4)20(24)18(15-16)22(5,6)7/h1,14-15,24H,9-13H2,2-7H3. The summed E-state index contributed by atoms with van der Waals surface area (Å²) in [5.74, 6) is 3.09. The molecule has 2 nitrogen and oxygen atoms in total. The third-order valence-corrected chi connectivity index (χ3v) is 4.27. The zero-order valence-corrected chi connectivity index (χ0v) is 16.1. The van der Waals surface area contributed by atoms with Crippen molar-refractivity contribution in [2.24, 2.45) is 0 Å². The SMILES string of the molecule is C#CCCCCCC(=O)c1cc(C(C)(C)C)c(O)c(C(C)(C)C)c1. The fourth-order valence-corrected chi connectivity index (χ4v) is 2.77. The molecule has 0 unspecified atom stereocenters. The zero-order valence-electron chi connectivity index (χ0n) is 16.1. The number of rotatable bonds is 6. The molecule has 0 bridgehead atoms. The molecule has 0 radical (unpaired) electrons. The van der Waals surface area contributed by atoms with Crippen molar-refractivity contribution in [1.82, 2.24) is 0 Å². The molecule has 0 aliphatic rings. The summed E-state index contributed by atoms with van der Waals surface area (Å²) < 4.78 is 0. The van der Waals surface area contributed by atoms with Crippen LogP contribution in [0, 0.1) is 12.3 Å². The van der Waals surface area contributed by atoms with E-state index in [1.54, 1.807) is 0 Å². The van der Waals surface area contributed by atoms with Crippen molar-refractivity contribution in [3.05, 3.63) is 28.8 Å². The molecular formula is C22H32O2. The van der Waals surface area contributed by atoms with Gasteiger partial charge in [0.2, 0.25) is 0 Å². The van der Waals surface area contributed by atoms with Crippen LogP contribution < -0.4 is 0 Å². The Bertz CT molecular complexity index is 584. The number of carbonyl (C=O) groups is 1. The summed E-state index contributed by atoms with van der Waals surface area (Å²) in [6.45, 7) is 12.3. The first-order chi connectivity index (χ1) is 11.0. The van der Waals surface area contributed by atoms with E-state index in [1.807, 2.05) is 12.1 Å². The van der Waals surface area contributed by atoms with Crippen LogP contribution in [0.15, 0.2) is 12.1 Å². The average molecular weight is 328 g/mol. The number of phenolic OH excluding ortho intramolecular Hbond substituents is 1. The molecule has 0 amide bonds. The fraction of sp³-hybridized carbons (Fsp3) is 0.591. The molecule has 0 aliphatic carbocycles. The molecule has 0 saturated heterocycles. The maximum atomic E-state index is 12.6. The summed E-state index contributed by atoms with van der Waals surface area (Å²) in [6, 6.07) is 3.74. The van der Waals surface area contributed by atoms with Crippen LogP contribution >= 0.6 is 0 Å². The number of Topliss-reactive ketones (excluding diaryl/α,β-unsaturated/α-hetero) is 1. The van der Waals surface area contributed by atoms with Crippen molar-refractivity contribution in [3.63, 3.8) is 0 Å². The number of hydrogen-bond donors (Lipinski definition) is 1. The van der Waals surface area contributed by atoms with Crippen LogP contribution in [0.5, 0.6) is 5.75 Å². The maximum Gasteiger partial charge on any atom is 0.162 e. The minimum absolute atomic E-state index is 0.145. The van der Waals surface area contributed by atoms with Crippen molar-refractivity contribution in [2.45, 2.75) is 84.5 Å². The largest absolute Gasteiger partial charge is 0.507 e. The zero-order chi connectivity index (χ0) is 18.5. The lowest BCUT2D eigenvalue weighted by Crippen LogP contribution is -2.18. The lowest BCUT2D eigenvalue weighted by molar-refractivity contribution is 0.0979. The van der Waals surface area contributed by atoms with Crippen molar-refractivity contribution in [2.75, 3.05) is 0 Å². The highest BCUT2D eigenvalue weighted by Gasteiger charge is 2.27. The molecule has 0 aliphatic heterocycles. The average Bonchev–Trinajstić information content (AvgIpc) is 2.44. The summed E-state index contributed by atoms with van der Waals surface area (Å²) in [6.07, 6.45) is 9.36. The summed E-state index contributed by atoms with van der Waals surface area (Å²) in [7, 11) is 0. The predicted molar refractivity (Wildman–Crippen MR) is 102 cm³/mol. The highest BCUT2D eigenvalue weighted by atomic mass is 16.3. The second kappa shape index (κ2) is 7.88. The number of carbonyl (C=O) groups excluding carboxylic acids is 1. The second-order valence-corrected chi connectivity index (χ2v) is 8.61. The molecular weight excluding hydrogens is 296 g/mol. The molecule has 24 heavy (non-hydrogen) atoms. The van der Waals surface area contributed by atoms with Gasteiger partial charge in [0.05, 0.1) is 0 Å². The first-order valence-corrected chi connectivity index (χ1v) is 8.83. The smallest absolute Gasteiger partial charge is 0.162 e. The molecule has 0 saturated carbocycles. The number of ketones is 1. The maximum absolute atomic E-state index is 12.6. The molecule has 0 atom stereocenters. The molecule has 0 spiro atoms. The molecule has 0 heterocycles. The highest BCUT2D eigenvalue weighted by Crippen LogP contribution is 2.40. The fourth-order valence-electron chi connectivity index (χ4n) is 2.77. The molecule has 1 rings (SSSR count). The predicted octanol–water partition coefficient (Wildman–Crippen LogP) is 5.75. The number of unbranched alkanes of at least 4 members (excludes halogenated alkanes) is 3. The molecule has 132 valence electrons. The van der Waals surface area contributed by atoms with Gasteiger partial charge in [0, 0.05) is 29.5 Å². The summed E-state index contributed by atoms with van der Waals surface area (Å²) in [5.41, 5.74) is 1.95. The van der Waals surface area contributed by atoms with E-state index in [1.165, 1.54) is 0 Å². The Labute approximate surface area is 147 Å². The van der Waals surface area contributed by atoms with Gasteiger partial charge in [0.25, 0.3) is 0 Å². The molecule has 1 N–H and O–H groups in total. The van der Waals surface area contributed by atoms with E-state index in [9.17, 15) is 9.90 Å². The van der Waals surface area contributed by atoms with Gasteiger partial charge in [-0.15, -0.1) is 12.3 Å². The Morgan fingerprint density at radius 1 is 1.00 bits per heavy atom. The third kappa shape index (κ3) is 5.41. The van der Waals surface area contributed by atoms with Gasteiger partial charge in [-0.2, -0.15) is 0 Å². The van der Waals surface area contributed by atoms with E-state index in [-0.39, 0.29) is 16.6 Å². The van der Waals surface area contributed by atoms with Gasteiger partial charge in [-0.05, 0) is 35.8 Å². The van der Waals surface area contributed by atoms with Crippen molar-refractivity contribution in [3.8, 4) is 18.1 Å². The number of benzene rings is 1. The van der Waals surface area contributed by atoms with Crippen molar-refractivity contribution >= 4 is 5.78 Å². The van der Waals surface area contributed by atoms with Gasteiger partial charge < -0.3 is 5.11 Å². The summed E-state index contributed by atoms with van der Waals surface area (Å²) in [4.78, 5) is 12.6. The minimum Gasteiger partial charge on any atom is -0.507 e. The van der Waals surface area contributed by atoms with Crippen LogP contribution in [0.2, 0.25) is 0 Å². The molecule has 0 aromatic heterocycles. The van der Waals surface area contributed by atoms with E-state index in [2.05, 4.69) is 47.5 Å². The van der Waals surface area contributed by atoms with E-state index in [0.29, 0.717) is 17.7 Å². The van der Waals surface area contributed by atoms with Gasteiger partial charge in [0.15, 0.2) is 5.78 Å². The van der Waals surface area contributed by atoms with Crippen LogP contribution in [-0.2, 0) is 10.8 Å². The lowest BCUT2D eigenvalue weighted by atomic mass is 9.78. The van der Waals surface area contributed by atoms with Gasteiger partial charge in [0.1, 0.15) is 5.75 Å². The number of aromatic hydroxyl groups is 1. The normalized spacial score (nSPS) is 12.0. The number of phenols is 1. The Hall–Kier alpha value is -1.75. The number of terminal acetylenes is 1. The summed E-state index contributed by atoms with van der Waals surface area (Å²) >= 11 is 0. The van der Waals surface area contributed by atoms with E-state index in [4.69, 9.17) is 6.42 Å². The van der Waals surface area contributed by atoms with E-state index < -0.39 is 0 Å². The van der Waals surface area contributed by atoms with Crippen LogP contribution in [0.3, 0.4) is 0 Å². The third-order valence-electron chi connectivity index (χ3n) is 4.27. The van der Waals surface area contributed by atoms with Gasteiger partial charge in [-0.1, -0.05) is 48.0 Å². The Morgan fingerprint density at radius 2 is 1.50 bits per heavy atom. The molecule has 2 heteroatoms. The quantitative estimate of drug-likeness (QED) is 0.410. The van der Waals surface area contributed by atoms with Crippen LogP contribution in [0.4, 0.5) is 0 Å². The molecule has 1 aromatic rings. The van der Waals surface area contributed by atoms with E-state index >= 15 is 0 Å². The first-order valence-electron chi connectivity index (χ1n) is 8.83. The highest BCUT2D eigenvalue weighted by molar-refractivity contribution is 5.96. The Kier molecular flexibility index (Phi) is 6.67. The molecule has 0 fully saturated rings. The minimum atomic E-state index is -0.215. The van der Waals surface area contributed by atoms with Crippen molar-refractivity contribution in [1.29, 1.82) is 0 Å². The lowest BCUT2D eigenvalue weighted by Gasteiger charge is -2.28. The monoisotopic (exact) mass is 328 g/mol. The van der Waals surface area contributed by atoms with Crippen LogP contribution in [0.1, 0.15) is 95.1 Å². The Balaban J connectivity index is 3.11. The van der Waals surface area contributed by atoms with Crippen molar-refractivity contribution < 1.29 is 9.90 Å². The van der Waals surface area contributed by atoms with Gasteiger partial charge in [-0.25, -0.2) is 0 Å². The van der Waals surface area contributed by atoms with E-state index in [0.717, 1.165) is 36.8 Å². The second-order valence-electron chi connectivity index (χ2n) is 8.61. The van der Waals surface area contributed by atoms with Gasteiger partial charge in [-0.3, -0.25) is 4.79 Å². The Morgan fingerprint density at radius 3 is 1.92 bits per heavy atom. The number of hydrogen-bond acceptors (Lipinski definition) is 2. The topological polar surface area (TPSA) is 37.3 Å². The molecule has 1 aromatic carbocycles. The van der Waals surface area contributed by atoms with Crippen LogP contribution in [0.25, 0.3) is 0 Å². The van der Waals surface area contributed by atoms with Crippen LogP contribution in [-0.4, -0.2) is 10.9 Å². The first kappa shape index (κ1) is 20.3.